The normalized spacial score (nSPS) is 33.2. The van der Waals surface area contributed by atoms with Crippen molar-refractivity contribution in [3.63, 3.8) is 0 Å². The first-order valence-electron chi connectivity index (χ1n) is 3.96. The van der Waals surface area contributed by atoms with E-state index in [2.05, 4.69) is 5.92 Å². The minimum absolute atomic E-state index is 0.121. The van der Waals surface area contributed by atoms with Crippen LogP contribution in [0.5, 0.6) is 0 Å². The molecule has 0 aromatic carbocycles. The van der Waals surface area contributed by atoms with Crippen molar-refractivity contribution in [3.05, 3.63) is 0 Å². The first-order valence-corrected chi connectivity index (χ1v) is 3.96. The molecule has 56 valence electrons. The molecule has 0 aliphatic heterocycles. The van der Waals surface area contributed by atoms with Gasteiger partial charge in [-0.3, -0.25) is 0 Å². The first-order chi connectivity index (χ1) is 4.84. The van der Waals surface area contributed by atoms with Crippen LogP contribution < -0.4 is 0 Å². The zero-order valence-corrected chi connectivity index (χ0v) is 6.21. The van der Waals surface area contributed by atoms with Gasteiger partial charge in [0.15, 0.2) is 0 Å². The van der Waals surface area contributed by atoms with Gasteiger partial charge >= 0.3 is 0 Å². The van der Waals surface area contributed by atoms with Crippen LogP contribution in [0.25, 0.3) is 0 Å². The number of hydrogen-bond donors (Lipinski definition) is 1. The van der Waals surface area contributed by atoms with Gasteiger partial charge in [-0.2, -0.15) is 0 Å². The van der Waals surface area contributed by atoms with Crippen LogP contribution in [0.2, 0.25) is 0 Å². The summed E-state index contributed by atoms with van der Waals surface area (Å²) in [6.07, 6.45) is 10.3. The molecule has 1 fully saturated rings. The molecule has 1 aliphatic carbocycles. The van der Waals surface area contributed by atoms with E-state index in [-0.39, 0.29) is 6.10 Å². The van der Waals surface area contributed by atoms with Crippen LogP contribution in [0, 0.1) is 18.3 Å². The monoisotopic (exact) mass is 138 g/mol. The minimum Gasteiger partial charge on any atom is -0.393 e. The molecule has 1 saturated carbocycles. The van der Waals surface area contributed by atoms with Gasteiger partial charge in [0.05, 0.1) is 6.10 Å². The molecular weight excluding hydrogens is 124 g/mol. The van der Waals surface area contributed by atoms with Crippen LogP contribution in [0.15, 0.2) is 0 Å². The second kappa shape index (κ2) is 3.63. The summed E-state index contributed by atoms with van der Waals surface area (Å²) in [6.45, 7) is 0. The highest BCUT2D eigenvalue weighted by atomic mass is 16.3. The highest BCUT2D eigenvalue weighted by Gasteiger charge is 2.21. The van der Waals surface area contributed by atoms with Crippen LogP contribution in [-0.2, 0) is 0 Å². The number of aliphatic hydroxyl groups excluding tert-OH is 1. The van der Waals surface area contributed by atoms with Crippen LogP contribution in [0.3, 0.4) is 0 Å². The Morgan fingerprint density at radius 3 is 2.70 bits per heavy atom. The Bertz CT molecular complexity index is 134. The molecule has 0 aromatic rings. The van der Waals surface area contributed by atoms with Crippen molar-refractivity contribution < 1.29 is 5.11 Å². The quantitative estimate of drug-likeness (QED) is 0.545. The summed E-state index contributed by atoms with van der Waals surface area (Å²) in [5.74, 6) is 3.00. The topological polar surface area (TPSA) is 20.2 Å². The first kappa shape index (κ1) is 7.63. The lowest BCUT2D eigenvalue weighted by Gasteiger charge is -2.25. The van der Waals surface area contributed by atoms with E-state index in [1.54, 1.807) is 0 Å². The second-order valence-corrected chi connectivity index (χ2v) is 3.02. The summed E-state index contributed by atoms with van der Waals surface area (Å²) in [7, 11) is 0. The molecule has 10 heavy (non-hydrogen) atoms. The average molecular weight is 138 g/mol. The van der Waals surface area contributed by atoms with Gasteiger partial charge in [0.2, 0.25) is 0 Å². The van der Waals surface area contributed by atoms with Crippen molar-refractivity contribution in [1.29, 1.82) is 0 Å². The molecule has 0 aromatic heterocycles. The predicted octanol–water partition coefficient (Wildman–Crippen LogP) is 1.56. The molecule has 1 N–H and O–H groups in total. The number of aliphatic hydroxyl groups is 1. The fourth-order valence-electron chi connectivity index (χ4n) is 1.58. The van der Waals surface area contributed by atoms with Crippen molar-refractivity contribution in [2.75, 3.05) is 0 Å². The van der Waals surface area contributed by atoms with Gasteiger partial charge in [0, 0.05) is 6.42 Å². The minimum atomic E-state index is -0.121. The molecule has 1 heteroatoms. The van der Waals surface area contributed by atoms with Crippen molar-refractivity contribution >= 4 is 0 Å². The summed E-state index contributed by atoms with van der Waals surface area (Å²) >= 11 is 0. The van der Waals surface area contributed by atoms with Crippen LogP contribution in [0.1, 0.15) is 32.1 Å². The van der Waals surface area contributed by atoms with Gasteiger partial charge in [-0.25, -0.2) is 0 Å². The molecule has 0 bridgehead atoms. The maximum atomic E-state index is 9.40. The Labute approximate surface area is 62.4 Å². The zero-order valence-electron chi connectivity index (χ0n) is 6.21. The third-order valence-electron chi connectivity index (χ3n) is 2.25. The lowest BCUT2D eigenvalue weighted by atomic mass is 9.85. The molecule has 0 amide bonds. The van der Waals surface area contributed by atoms with Crippen molar-refractivity contribution in [3.8, 4) is 12.3 Å². The Morgan fingerprint density at radius 2 is 2.10 bits per heavy atom. The Balaban J connectivity index is 2.34. The third kappa shape index (κ3) is 1.75. The molecule has 1 rings (SSSR count). The van der Waals surface area contributed by atoms with Crippen LogP contribution in [0.4, 0.5) is 0 Å². The van der Waals surface area contributed by atoms with Crippen LogP contribution in [-0.4, -0.2) is 11.2 Å². The summed E-state index contributed by atoms with van der Waals surface area (Å²) in [5, 5.41) is 9.40. The van der Waals surface area contributed by atoms with E-state index in [1.165, 1.54) is 12.8 Å². The van der Waals surface area contributed by atoms with Gasteiger partial charge in [-0.05, 0) is 18.8 Å². The lowest BCUT2D eigenvalue weighted by Crippen LogP contribution is -2.23. The lowest BCUT2D eigenvalue weighted by molar-refractivity contribution is 0.0725. The largest absolute Gasteiger partial charge is 0.393 e. The SMILES string of the molecule is C#CC[C@@H]1CCCC[C@@H]1O. The third-order valence-corrected chi connectivity index (χ3v) is 2.25. The molecule has 0 spiro atoms. The fourth-order valence-corrected chi connectivity index (χ4v) is 1.58. The maximum Gasteiger partial charge on any atom is 0.0577 e. The van der Waals surface area contributed by atoms with Crippen molar-refractivity contribution in [1.82, 2.24) is 0 Å². The predicted molar refractivity (Wildman–Crippen MR) is 41.4 cm³/mol. The van der Waals surface area contributed by atoms with Gasteiger partial charge in [0.25, 0.3) is 0 Å². The zero-order chi connectivity index (χ0) is 7.40. The highest BCUT2D eigenvalue weighted by molar-refractivity contribution is 4.90. The fraction of sp³-hybridized carbons (Fsp3) is 0.778. The van der Waals surface area contributed by atoms with E-state index < -0.39 is 0 Å². The molecule has 1 nitrogen and oxygen atoms in total. The second-order valence-electron chi connectivity index (χ2n) is 3.02. The van der Waals surface area contributed by atoms with Gasteiger partial charge in [-0.1, -0.05) is 12.8 Å². The molecule has 0 radical (unpaired) electrons. The summed E-state index contributed by atoms with van der Waals surface area (Å²) in [5.41, 5.74) is 0. The van der Waals surface area contributed by atoms with E-state index in [4.69, 9.17) is 6.42 Å². The average Bonchev–Trinajstić information content (AvgIpc) is 1.94. The van der Waals surface area contributed by atoms with Crippen molar-refractivity contribution in [2.24, 2.45) is 5.92 Å². The Hall–Kier alpha value is -0.480. The molecule has 1 aliphatic rings. The number of hydrogen-bond acceptors (Lipinski definition) is 1. The molecule has 0 heterocycles. The standard InChI is InChI=1S/C9H14O/c1-2-5-8-6-3-4-7-9(8)10/h1,8-10H,3-7H2/t8-,9+/m1/s1. The van der Waals surface area contributed by atoms with Crippen molar-refractivity contribution in [2.45, 2.75) is 38.2 Å². The molecule has 2 atom stereocenters. The van der Waals surface area contributed by atoms with E-state index >= 15 is 0 Å². The summed E-state index contributed by atoms with van der Waals surface area (Å²) in [6, 6.07) is 0. The highest BCUT2D eigenvalue weighted by Crippen LogP contribution is 2.26. The maximum absolute atomic E-state index is 9.40. The van der Waals surface area contributed by atoms with Gasteiger partial charge in [0.1, 0.15) is 0 Å². The van der Waals surface area contributed by atoms with Gasteiger partial charge in [-0.15, -0.1) is 12.3 Å². The summed E-state index contributed by atoms with van der Waals surface area (Å²) < 4.78 is 0. The smallest absolute Gasteiger partial charge is 0.0577 e. The van der Waals surface area contributed by atoms with E-state index in [0.29, 0.717) is 5.92 Å². The Kier molecular flexibility index (Phi) is 2.77. The van der Waals surface area contributed by atoms with Gasteiger partial charge < -0.3 is 5.11 Å². The summed E-state index contributed by atoms with van der Waals surface area (Å²) in [4.78, 5) is 0. The van der Waals surface area contributed by atoms with E-state index in [0.717, 1.165) is 19.3 Å². The van der Waals surface area contributed by atoms with E-state index in [1.807, 2.05) is 0 Å². The number of rotatable bonds is 1. The molecular formula is C9H14O. The number of terminal acetylenes is 1. The molecule has 0 unspecified atom stereocenters. The van der Waals surface area contributed by atoms with E-state index in [9.17, 15) is 5.11 Å². The Morgan fingerprint density at radius 1 is 1.40 bits per heavy atom. The molecule has 0 saturated heterocycles. The van der Waals surface area contributed by atoms with Crippen LogP contribution >= 0.6 is 0 Å².